The van der Waals surface area contributed by atoms with Crippen molar-refractivity contribution in [2.24, 2.45) is 0 Å². The second-order valence-electron chi connectivity index (χ2n) is 6.98. The Bertz CT molecular complexity index is 1100. The van der Waals surface area contributed by atoms with Gasteiger partial charge in [0, 0.05) is 12.3 Å². The fourth-order valence-electron chi connectivity index (χ4n) is 3.49. The lowest BCUT2D eigenvalue weighted by molar-refractivity contribution is -0.140. The van der Waals surface area contributed by atoms with Crippen LogP contribution in [-0.2, 0) is 14.3 Å². The lowest BCUT2D eigenvalue weighted by atomic mass is 9.98. The van der Waals surface area contributed by atoms with Crippen LogP contribution >= 0.6 is 0 Å². The second kappa shape index (κ2) is 10.7. The highest BCUT2D eigenvalue weighted by atomic mass is 16.5. The van der Waals surface area contributed by atoms with E-state index in [0.29, 0.717) is 0 Å². The third-order valence-corrected chi connectivity index (χ3v) is 4.95. The average molecular weight is 430 g/mol. The number of carbonyl (C=O) groups is 3. The summed E-state index contributed by atoms with van der Waals surface area (Å²) in [6.07, 6.45) is -0.666. The van der Waals surface area contributed by atoms with Crippen molar-refractivity contribution >= 4 is 18.0 Å². The monoisotopic (exact) mass is 430 g/mol. The number of rotatable bonds is 6. The van der Waals surface area contributed by atoms with Gasteiger partial charge in [-0.25, -0.2) is 9.59 Å². The minimum Gasteiger partial charge on any atom is -0.480 e. The Morgan fingerprint density at radius 3 is 2.25 bits per heavy atom. The van der Waals surface area contributed by atoms with E-state index in [1.54, 1.807) is 6.92 Å². The SMILES string of the molecule is CC#CCC(NC(=O)C#CCNC(=O)OCC1c2ccccc2-c2ccccc21)C(=O)O. The Labute approximate surface area is 186 Å². The maximum absolute atomic E-state index is 12.1. The zero-order valence-electron chi connectivity index (χ0n) is 17.5. The molecule has 0 saturated carbocycles. The summed E-state index contributed by atoms with van der Waals surface area (Å²) in [7, 11) is 0. The van der Waals surface area contributed by atoms with Crippen LogP contribution in [0, 0.1) is 23.7 Å². The van der Waals surface area contributed by atoms with Gasteiger partial charge >= 0.3 is 12.1 Å². The summed E-state index contributed by atoms with van der Waals surface area (Å²) in [5.41, 5.74) is 4.49. The van der Waals surface area contributed by atoms with Crippen molar-refractivity contribution in [3.05, 3.63) is 59.7 Å². The number of carbonyl (C=O) groups excluding carboxylic acids is 2. The van der Waals surface area contributed by atoms with E-state index < -0.39 is 24.0 Å². The topological polar surface area (TPSA) is 105 Å². The molecule has 1 atom stereocenters. The van der Waals surface area contributed by atoms with Gasteiger partial charge < -0.3 is 20.5 Å². The van der Waals surface area contributed by atoms with Crippen LogP contribution in [0.1, 0.15) is 30.4 Å². The Hall–Kier alpha value is -4.23. The number of fused-ring (bicyclic) bond motifs is 3. The molecule has 0 aliphatic heterocycles. The molecule has 0 radical (unpaired) electrons. The van der Waals surface area contributed by atoms with Crippen molar-refractivity contribution in [2.75, 3.05) is 13.2 Å². The van der Waals surface area contributed by atoms with Crippen LogP contribution in [0.2, 0.25) is 0 Å². The lowest BCUT2D eigenvalue weighted by Crippen LogP contribution is -2.40. The fourth-order valence-corrected chi connectivity index (χ4v) is 3.49. The molecule has 0 aromatic heterocycles. The van der Waals surface area contributed by atoms with E-state index in [-0.39, 0.29) is 25.5 Å². The normalized spacial score (nSPS) is 12.0. The molecule has 7 heteroatoms. The molecule has 1 aliphatic carbocycles. The van der Waals surface area contributed by atoms with Crippen LogP contribution in [0.15, 0.2) is 48.5 Å². The van der Waals surface area contributed by atoms with Crippen molar-refractivity contribution in [1.29, 1.82) is 0 Å². The minimum atomic E-state index is -1.19. The molecule has 0 saturated heterocycles. The first-order valence-corrected chi connectivity index (χ1v) is 10.0. The molecule has 3 rings (SSSR count). The fraction of sp³-hybridized carbons (Fsp3) is 0.240. The standard InChI is InChI=1S/C25H22N2O5/c1-2-3-13-22(24(29)30)27-23(28)14-8-15-26-25(31)32-16-21-19-11-6-4-9-17(19)18-10-5-7-12-20(18)21/h4-7,9-12,21-22H,13,15-16H2,1H3,(H,26,31)(H,27,28)(H,29,30). The molecule has 1 aliphatic rings. The highest BCUT2D eigenvalue weighted by Crippen LogP contribution is 2.44. The van der Waals surface area contributed by atoms with E-state index in [0.717, 1.165) is 22.3 Å². The summed E-state index contributed by atoms with van der Waals surface area (Å²) in [5, 5.41) is 13.8. The second-order valence-corrected chi connectivity index (χ2v) is 6.98. The molecule has 2 aromatic carbocycles. The van der Waals surface area contributed by atoms with E-state index in [2.05, 4.69) is 46.4 Å². The van der Waals surface area contributed by atoms with Crippen LogP contribution in [-0.4, -0.2) is 42.3 Å². The van der Waals surface area contributed by atoms with E-state index in [1.165, 1.54) is 0 Å². The van der Waals surface area contributed by atoms with Gasteiger partial charge in [0.15, 0.2) is 0 Å². The molecule has 2 aromatic rings. The molecule has 1 unspecified atom stereocenters. The number of carboxylic acids is 1. The molecule has 32 heavy (non-hydrogen) atoms. The molecule has 0 bridgehead atoms. The van der Waals surface area contributed by atoms with E-state index in [1.807, 2.05) is 36.4 Å². The zero-order chi connectivity index (χ0) is 22.9. The van der Waals surface area contributed by atoms with E-state index in [4.69, 9.17) is 9.84 Å². The van der Waals surface area contributed by atoms with Crippen LogP contribution in [0.4, 0.5) is 4.79 Å². The molecule has 2 amide bonds. The van der Waals surface area contributed by atoms with Crippen LogP contribution in [0.25, 0.3) is 11.1 Å². The Balaban J connectivity index is 1.49. The summed E-state index contributed by atoms with van der Waals surface area (Å²) in [6, 6.07) is 14.9. The molecule has 0 fully saturated rings. The number of hydrogen-bond acceptors (Lipinski definition) is 4. The molecule has 3 N–H and O–H groups in total. The zero-order valence-corrected chi connectivity index (χ0v) is 17.5. The van der Waals surface area contributed by atoms with Gasteiger partial charge in [-0.3, -0.25) is 4.79 Å². The van der Waals surface area contributed by atoms with Crippen LogP contribution < -0.4 is 10.6 Å². The van der Waals surface area contributed by atoms with Gasteiger partial charge in [0.2, 0.25) is 0 Å². The number of aliphatic carboxylic acids is 1. The van der Waals surface area contributed by atoms with Gasteiger partial charge in [-0.15, -0.1) is 11.8 Å². The quantitative estimate of drug-likeness (QED) is 0.611. The summed E-state index contributed by atoms with van der Waals surface area (Å²) >= 11 is 0. The van der Waals surface area contributed by atoms with Crippen molar-refractivity contribution in [3.63, 3.8) is 0 Å². The summed E-state index contributed by atoms with van der Waals surface area (Å²) in [6.45, 7) is 1.64. The first-order chi connectivity index (χ1) is 15.5. The molecule has 0 heterocycles. The largest absolute Gasteiger partial charge is 0.480 e. The molecule has 7 nitrogen and oxygen atoms in total. The first-order valence-electron chi connectivity index (χ1n) is 10.0. The number of nitrogens with one attached hydrogen (secondary N) is 2. The van der Waals surface area contributed by atoms with Gasteiger partial charge in [-0.2, -0.15) is 0 Å². The molecule has 0 spiro atoms. The average Bonchev–Trinajstić information content (AvgIpc) is 3.11. The van der Waals surface area contributed by atoms with Crippen LogP contribution in [0.3, 0.4) is 0 Å². The van der Waals surface area contributed by atoms with Crippen molar-refractivity contribution in [2.45, 2.75) is 25.3 Å². The number of carboxylic acid groups (broad SMARTS) is 1. The predicted octanol–water partition coefficient (Wildman–Crippen LogP) is 2.51. The smallest absolute Gasteiger partial charge is 0.407 e. The highest BCUT2D eigenvalue weighted by Gasteiger charge is 2.28. The maximum Gasteiger partial charge on any atom is 0.407 e. The molecular formula is C25H22N2O5. The molecular weight excluding hydrogens is 408 g/mol. The van der Waals surface area contributed by atoms with E-state index >= 15 is 0 Å². The summed E-state index contributed by atoms with van der Waals surface area (Å²) < 4.78 is 5.38. The number of alkyl carbamates (subject to hydrolysis) is 1. The van der Waals surface area contributed by atoms with Gasteiger partial charge in [0.05, 0.1) is 6.54 Å². The summed E-state index contributed by atoms with van der Waals surface area (Å²) in [5.74, 6) is 7.88. The third kappa shape index (κ3) is 5.47. The Morgan fingerprint density at radius 1 is 1.03 bits per heavy atom. The number of amides is 2. The summed E-state index contributed by atoms with van der Waals surface area (Å²) in [4.78, 5) is 34.9. The number of benzene rings is 2. The maximum atomic E-state index is 12.1. The predicted molar refractivity (Wildman–Crippen MR) is 118 cm³/mol. The minimum absolute atomic E-state index is 0.0166. The Morgan fingerprint density at radius 2 is 1.66 bits per heavy atom. The lowest BCUT2D eigenvalue weighted by Gasteiger charge is -2.14. The number of hydrogen-bond donors (Lipinski definition) is 3. The van der Waals surface area contributed by atoms with Gasteiger partial charge in [-0.05, 0) is 35.1 Å². The van der Waals surface area contributed by atoms with Crippen molar-refractivity contribution in [3.8, 4) is 34.8 Å². The van der Waals surface area contributed by atoms with Gasteiger partial charge in [0.1, 0.15) is 12.6 Å². The number of ether oxygens (including phenoxy) is 1. The van der Waals surface area contributed by atoms with Crippen molar-refractivity contribution < 1.29 is 24.2 Å². The van der Waals surface area contributed by atoms with E-state index in [9.17, 15) is 14.4 Å². The van der Waals surface area contributed by atoms with Gasteiger partial charge in [0.25, 0.3) is 5.91 Å². The highest BCUT2D eigenvalue weighted by molar-refractivity contribution is 5.96. The first kappa shape index (κ1) is 22.5. The third-order valence-electron chi connectivity index (χ3n) is 4.95. The van der Waals surface area contributed by atoms with Crippen LogP contribution in [0.5, 0.6) is 0 Å². The van der Waals surface area contributed by atoms with Crippen molar-refractivity contribution in [1.82, 2.24) is 10.6 Å². The molecule has 162 valence electrons. The van der Waals surface area contributed by atoms with Gasteiger partial charge in [-0.1, -0.05) is 54.5 Å². The Kier molecular flexibility index (Phi) is 7.51.